The van der Waals surface area contributed by atoms with E-state index in [0.29, 0.717) is 37.5 Å². The average Bonchev–Trinajstić information content (AvgIpc) is 2.54. The van der Waals surface area contributed by atoms with Gasteiger partial charge in [-0.05, 0) is 37.5 Å². The summed E-state index contributed by atoms with van der Waals surface area (Å²) in [7, 11) is 0. The van der Waals surface area contributed by atoms with Gasteiger partial charge in [-0.3, -0.25) is 19.2 Å². The number of rotatable bonds is 1. The lowest BCUT2D eigenvalue weighted by Crippen LogP contribution is -2.59. The third-order valence-electron chi connectivity index (χ3n) is 6.31. The molecule has 8 heteroatoms. The second kappa shape index (κ2) is 6.25. The highest BCUT2D eigenvalue weighted by Crippen LogP contribution is 2.45. The van der Waals surface area contributed by atoms with Gasteiger partial charge < -0.3 is 20.1 Å². The largest absolute Gasteiger partial charge is 0.439 e. The van der Waals surface area contributed by atoms with E-state index < -0.39 is 23.4 Å². The number of carbonyl (C=O) groups excluding carboxylic acids is 4. The molecule has 0 radical (unpaired) electrons. The molecule has 0 aromatic carbocycles. The van der Waals surface area contributed by atoms with E-state index in [4.69, 9.17) is 9.47 Å². The highest BCUT2D eigenvalue weighted by atomic mass is 16.6. The molecular formula is C18H24N2O6. The van der Waals surface area contributed by atoms with E-state index in [9.17, 15) is 19.2 Å². The Morgan fingerprint density at radius 1 is 0.654 bits per heavy atom. The number of nitrogens with one attached hydrogen (secondary N) is 2. The highest BCUT2D eigenvalue weighted by molar-refractivity contribution is 5.97. The summed E-state index contributed by atoms with van der Waals surface area (Å²) in [6.45, 7) is 0. The van der Waals surface area contributed by atoms with Gasteiger partial charge >= 0.3 is 11.9 Å². The molecule has 4 fully saturated rings. The van der Waals surface area contributed by atoms with E-state index in [0.717, 1.165) is 25.7 Å². The third-order valence-corrected chi connectivity index (χ3v) is 6.31. The lowest BCUT2D eigenvalue weighted by atomic mass is 9.69. The molecule has 2 saturated carbocycles. The van der Waals surface area contributed by atoms with Crippen molar-refractivity contribution in [3.63, 3.8) is 0 Å². The molecule has 26 heavy (non-hydrogen) atoms. The van der Waals surface area contributed by atoms with Crippen LogP contribution in [-0.2, 0) is 28.7 Å². The first-order chi connectivity index (χ1) is 12.4. The molecule has 2 heterocycles. The normalized spacial score (nSPS) is 40.6. The SMILES string of the molecule is O=C1CC(=O)OC2(CCC(C3CCC4(CC3)NC(=O)CC(=O)O4)CC2)N1. The summed E-state index contributed by atoms with van der Waals surface area (Å²) in [6.07, 6.45) is 5.72. The van der Waals surface area contributed by atoms with Crippen LogP contribution in [0, 0.1) is 11.8 Å². The molecule has 0 atom stereocenters. The Kier molecular flexibility index (Phi) is 4.16. The van der Waals surface area contributed by atoms with Crippen LogP contribution in [0.3, 0.4) is 0 Å². The Labute approximate surface area is 151 Å². The molecule has 2 saturated heterocycles. The van der Waals surface area contributed by atoms with Gasteiger partial charge in [0.25, 0.3) is 0 Å². The minimum absolute atomic E-state index is 0.194. The van der Waals surface area contributed by atoms with Crippen LogP contribution in [0.2, 0.25) is 0 Å². The number of hydrogen-bond donors (Lipinski definition) is 2. The standard InChI is InChI=1S/C18H24N2O6/c21-13-9-15(23)25-17(19-13)5-1-11(2-6-17)12-3-7-18(8-4-12)20-14(22)10-16(24)26-18/h11-12H,1-10H2,(H,19,21)(H,20,22). The van der Waals surface area contributed by atoms with Gasteiger partial charge in [0.05, 0.1) is 0 Å². The molecule has 142 valence electrons. The summed E-state index contributed by atoms with van der Waals surface area (Å²) in [5, 5.41) is 5.71. The van der Waals surface area contributed by atoms with Gasteiger partial charge in [-0.15, -0.1) is 0 Å². The first-order valence-electron chi connectivity index (χ1n) is 9.43. The van der Waals surface area contributed by atoms with Crippen molar-refractivity contribution in [1.82, 2.24) is 10.6 Å². The molecule has 4 aliphatic rings. The number of amides is 2. The van der Waals surface area contributed by atoms with Crippen molar-refractivity contribution in [3.8, 4) is 0 Å². The quantitative estimate of drug-likeness (QED) is 0.528. The van der Waals surface area contributed by atoms with E-state index in [1.54, 1.807) is 0 Å². The van der Waals surface area contributed by atoms with Crippen LogP contribution in [0.1, 0.15) is 64.2 Å². The highest BCUT2D eigenvalue weighted by Gasteiger charge is 2.48. The van der Waals surface area contributed by atoms with E-state index in [1.165, 1.54) is 0 Å². The summed E-state index contributed by atoms with van der Waals surface area (Å²) in [5.41, 5.74) is -1.63. The Hall–Kier alpha value is -2.12. The van der Waals surface area contributed by atoms with E-state index >= 15 is 0 Å². The van der Waals surface area contributed by atoms with Crippen LogP contribution in [0.15, 0.2) is 0 Å². The monoisotopic (exact) mass is 364 g/mol. The van der Waals surface area contributed by atoms with Crippen molar-refractivity contribution in [2.45, 2.75) is 75.7 Å². The maximum atomic E-state index is 11.7. The second-order valence-corrected chi connectivity index (χ2v) is 8.06. The third kappa shape index (κ3) is 3.29. The van der Waals surface area contributed by atoms with Gasteiger partial charge in [0.15, 0.2) is 11.4 Å². The summed E-state index contributed by atoms with van der Waals surface area (Å²) in [5.74, 6) is -0.414. The molecule has 0 aromatic rings. The first kappa shape index (κ1) is 17.3. The van der Waals surface area contributed by atoms with Crippen molar-refractivity contribution in [1.29, 1.82) is 0 Å². The fraction of sp³-hybridized carbons (Fsp3) is 0.778. The molecule has 2 amide bonds. The van der Waals surface area contributed by atoms with Crippen molar-refractivity contribution in [2.24, 2.45) is 11.8 Å². The van der Waals surface area contributed by atoms with Gasteiger partial charge in [0.2, 0.25) is 11.8 Å². The molecule has 0 bridgehead atoms. The number of ether oxygens (including phenoxy) is 2. The van der Waals surface area contributed by atoms with Crippen LogP contribution >= 0.6 is 0 Å². The molecule has 4 rings (SSSR count). The van der Waals surface area contributed by atoms with Crippen molar-refractivity contribution in [3.05, 3.63) is 0 Å². The molecule has 2 N–H and O–H groups in total. The number of carbonyl (C=O) groups is 4. The molecule has 0 unspecified atom stereocenters. The summed E-state index contributed by atoms with van der Waals surface area (Å²) >= 11 is 0. The smallest absolute Gasteiger partial charge is 0.317 e. The van der Waals surface area contributed by atoms with Gasteiger partial charge in [-0.25, -0.2) is 0 Å². The van der Waals surface area contributed by atoms with E-state index in [2.05, 4.69) is 10.6 Å². The topological polar surface area (TPSA) is 111 Å². The Balaban J connectivity index is 1.32. The molecule has 8 nitrogen and oxygen atoms in total. The first-order valence-corrected chi connectivity index (χ1v) is 9.43. The zero-order valence-corrected chi connectivity index (χ0v) is 14.7. The van der Waals surface area contributed by atoms with Crippen molar-refractivity contribution in [2.75, 3.05) is 0 Å². The zero-order chi connectivity index (χ0) is 18.4. The molecular weight excluding hydrogens is 340 g/mol. The van der Waals surface area contributed by atoms with E-state index in [-0.39, 0.29) is 24.7 Å². The van der Waals surface area contributed by atoms with Crippen LogP contribution in [-0.4, -0.2) is 35.2 Å². The maximum Gasteiger partial charge on any atom is 0.317 e. The Morgan fingerprint density at radius 2 is 1.00 bits per heavy atom. The molecule has 0 aromatic heterocycles. The predicted molar refractivity (Wildman–Crippen MR) is 87.1 cm³/mol. The average molecular weight is 364 g/mol. The minimum Gasteiger partial charge on any atom is -0.439 e. The predicted octanol–water partition coefficient (Wildman–Crippen LogP) is 0.886. The summed E-state index contributed by atoms with van der Waals surface area (Å²) in [4.78, 5) is 46.5. The van der Waals surface area contributed by atoms with Crippen molar-refractivity contribution >= 4 is 23.8 Å². The number of esters is 2. The lowest BCUT2D eigenvalue weighted by Gasteiger charge is -2.47. The van der Waals surface area contributed by atoms with Crippen LogP contribution < -0.4 is 10.6 Å². The van der Waals surface area contributed by atoms with E-state index in [1.807, 2.05) is 0 Å². The molecule has 2 aliphatic heterocycles. The Morgan fingerprint density at radius 3 is 1.31 bits per heavy atom. The number of hydrogen-bond acceptors (Lipinski definition) is 6. The van der Waals surface area contributed by atoms with Gasteiger partial charge in [-0.2, -0.15) is 0 Å². The Bertz CT molecular complexity index is 552. The van der Waals surface area contributed by atoms with Crippen LogP contribution in [0.25, 0.3) is 0 Å². The summed E-state index contributed by atoms with van der Waals surface area (Å²) < 4.78 is 10.9. The van der Waals surface area contributed by atoms with Crippen molar-refractivity contribution < 1.29 is 28.7 Å². The zero-order valence-electron chi connectivity index (χ0n) is 14.7. The van der Waals surface area contributed by atoms with Gasteiger partial charge in [0.1, 0.15) is 12.8 Å². The molecule has 2 aliphatic carbocycles. The molecule has 2 spiro atoms. The maximum absolute atomic E-state index is 11.7. The second-order valence-electron chi connectivity index (χ2n) is 8.06. The summed E-state index contributed by atoms with van der Waals surface area (Å²) in [6, 6.07) is 0. The minimum atomic E-state index is -0.814. The fourth-order valence-electron chi connectivity index (χ4n) is 5.03. The van der Waals surface area contributed by atoms with Crippen LogP contribution in [0.4, 0.5) is 0 Å². The fourth-order valence-corrected chi connectivity index (χ4v) is 5.03. The van der Waals surface area contributed by atoms with Gasteiger partial charge in [-0.1, -0.05) is 0 Å². The van der Waals surface area contributed by atoms with Crippen LogP contribution in [0.5, 0.6) is 0 Å². The van der Waals surface area contributed by atoms with Gasteiger partial charge in [0, 0.05) is 25.7 Å². The lowest BCUT2D eigenvalue weighted by molar-refractivity contribution is -0.187.